The van der Waals surface area contributed by atoms with Crippen LogP contribution < -0.4 is 5.32 Å². The second-order valence-electron chi connectivity index (χ2n) is 4.58. The highest BCUT2D eigenvalue weighted by Gasteiger charge is 2.24. The number of carbonyl (C=O) groups excluding carboxylic acids is 1. The van der Waals surface area contributed by atoms with Gasteiger partial charge in [0.05, 0.1) is 13.2 Å². The molecular weight excluding hydrogens is 238 g/mol. The van der Waals surface area contributed by atoms with Crippen LogP contribution in [-0.2, 0) is 9.53 Å². The first kappa shape index (κ1) is 15.3. The van der Waals surface area contributed by atoms with Gasteiger partial charge in [0.25, 0.3) is 0 Å². The minimum Gasteiger partial charge on any atom is -0.465 e. The van der Waals surface area contributed by atoms with Crippen LogP contribution in [0.15, 0.2) is 12.1 Å². The number of aryl methyl sites for hydroxylation is 3. The van der Waals surface area contributed by atoms with E-state index >= 15 is 0 Å². The van der Waals surface area contributed by atoms with Crippen LogP contribution >= 0.6 is 0 Å². The molecule has 0 fully saturated rings. The van der Waals surface area contributed by atoms with Gasteiger partial charge in [0, 0.05) is 0 Å². The van der Waals surface area contributed by atoms with E-state index in [4.69, 9.17) is 11.2 Å². The number of hydrogen-bond donors (Lipinski definition) is 1. The molecule has 0 aliphatic carbocycles. The summed E-state index contributed by atoms with van der Waals surface area (Å²) < 4.78 is 5.13. The van der Waals surface area contributed by atoms with Crippen LogP contribution in [0.5, 0.6) is 0 Å². The zero-order valence-corrected chi connectivity index (χ0v) is 12.0. The van der Waals surface area contributed by atoms with E-state index in [0.717, 1.165) is 16.7 Å². The lowest BCUT2D eigenvalue weighted by molar-refractivity contribution is -0.145. The molecule has 1 aromatic rings. The Morgan fingerprint density at radius 2 is 1.95 bits per heavy atom. The number of rotatable bonds is 5. The third kappa shape index (κ3) is 3.84. The lowest BCUT2D eigenvalue weighted by atomic mass is 9.94. The van der Waals surface area contributed by atoms with Crippen molar-refractivity contribution in [1.82, 2.24) is 5.32 Å². The van der Waals surface area contributed by atoms with E-state index in [1.165, 1.54) is 5.56 Å². The Balaban J connectivity index is 3.17. The lowest BCUT2D eigenvalue weighted by Crippen LogP contribution is -2.31. The number of hydrogen-bond acceptors (Lipinski definition) is 3. The molecule has 0 aliphatic heterocycles. The van der Waals surface area contributed by atoms with Crippen molar-refractivity contribution >= 4 is 5.97 Å². The van der Waals surface area contributed by atoms with Gasteiger partial charge in [-0.3, -0.25) is 5.32 Å². The van der Waals surface area contributed by atoms with Gasteiger partial charge in [-0.1, -0.05) is 23.6 Å². The molecule has 1 N–H and O–H groups in total. The summed E-state index contributed by atoms with van der Waals surface area (Å²) in [5.41, 5.74) is 4.28. The third-order valence-corrected chi connectivity index (χ3v) is 2.96. The Morgan fingerprint density at radius 1 is 1.37 bits per heavy atom. The highest BCUT2D eigenvalue weighted by molar-refractivity contribution is 5.79. The van der Waals surface area contributed by atoms with Crippen LogP contribution in [0.25, 0.3) is 0 Å². The molecule has 19 heavy (non-hydrogen) atoms. The molecule has 0 amide bonds. The van der Waals surface area contributed by atoms with Crippen LogP contribution in [0.4, 0.5) is 0 Å². The molecule has 1 unspecified atom stereocenters. The van der Waals surface area contributed by atoms with E-state index in [9.17, 15) is 4.79 Å². The minimum atomic E-state index is -0.503. The van der Waals surface area contributed by atoms with Gasteiger partial charge < -0.3 is 4.74 Å². The first-order chi connectivity index (χ1) is 9.01. The highest BCUT2D eigenvalue weighted by atomic mass is 16.5. The van der Waals surface area contributed by atoms with Gasteiger partial charge in [0.1, 0.15) is 6.04 Å². The molecule has 0 heterocycles. The van der Waals surface area contributed by atoms with Crippen molar-refractivity contribution in [2.75, 3.05) is 13.2 Å². The van der Waals surface area contributed by atoms with Crippen molar-refractivity contribution in [2.45, 2.75) is 33.7 Å². The Labute approximate surface area is 115 Å². The highest BCUT2D eigenvalue weighted by Crippen LogP contribution is 2.24. The van der Waals surface area contributed by atoms with Crippen LogP contribution in [0.1, 0.15) is 35.2 Å². The van der Waals surface area contributed by atoms with Crippen LogP contribution in [0, 0.1) is 33.1 Å². The summed E-state index contributed by atoms with van der Waals surface area (Å²) in [6.45, 7) is 8.52. The predicted molar refractivity (Wildman–Crippen MR) is 76.9 cm³/mol. The molecule has 1 aromatic carbocycles. The molecule has 0 saturated carbocycles. The van der Waals surface area contributed by atoms with E-state index < -0.39 is 6.04 Å². The van der Waals surface area contributed by atoms with E-state index in [0.29, 0.717) is 13.2 Å². The van der Waals surface area contributed by atoms with Crippen LogP contribution in [0.2, 0.25) is 0 Å². The Hall–Kier alpha value is -1.79. The minimum absolute atomic E-state index is 0.284. The van der Waals surface area contributed by atoms with Gasteiger partial charge in [0.2, 0.25) is 0 Å². The number of terminal acetylenes is 1. The van der Waals surface area contributed by atoms with Gasteiger partial charge in [-0.25, -0.2) is 4.79 Å². The van der Waals surface area contributed by atoms with Crippen molar-refractivity contribution in [2.24, 2.45) is 0 Å². The lowest BCUT2D eigenvalue weighted by Gasteiger charge is -2.21. The number of ether oxygens (including phenoxy) is 1. The Bertz CT molecular complexity index is 477. The zero-order valence-electron chi connectivity index (χ0n) is 12.0. The molecule has 102 valence electrons. The summed E-state index contributed by atoms with van der Waals surface area (Å²) in [6.07, 6.45) is 5.26. The second kappa shape index (κ2) is 6.96. The molecule has 3 heteroatoms. The summed E-state index contributed by atoms with van der Waals surface area (Å²) in [5.74, 6) is 2.21. The van der Waals surface area contributed by atoms with Crippen LogP contribution in [0.3, 0.4) is 0 Å². The summed E-state index contributed by atoms with van der Waals surface area (Å²) in [6, 6.07) is 3.62. The second-order valence-corrected chi connectivity index (χ2v) is 4.58. The molecule has 0 aromatic heterocycles. The maximum Gasteiger partial charge on any atom is 0.327 e. The standard InChI is InChI=1S/C16H21NO2/c1-6-8-17-15(16(18)19-7-2)14-12(4)9-11(3)10-13(14)5/h1,9-10,15,17H,7-8H2,2-5H3. The molecule has 0 saturated heterocycles. The number of carbonyl (C=O) groups is 1. The van der Waals surface area contributed by atoms with E-state index in [1.807, 2.05) is 20.8 Å². The summed E-state index contributed by atoms with van der Waals surface area (Å²) in [7, 11) is 0. The monoisotopic (exact) mass is 259 g/mol. The average molecular weight is 259 g/mol. The van der Waals surface area contributed by atoms with Gasteiger partial charge in [-0.2, -0.15) is 0 Å². The molecule has 1 atom stereocenters. The molecule has 0 radical (unpaired) electrons. The summed E-state index contributed by atoms with van der Waals surface area (Å²) >= 11 is 0. The molecule has 0 aliphatic rings. The van der Waals surface area contributed by atoms with Crippen molar-refractivity contribution < 1.29 is 9.53 Å². The number of nitrogens with one attached hydrogen (secondary N) is 1. The summed E-state index contributed by atoms with van der Waals surface area (Å²) in [5, 5.41) is 3.06. The molecule has 0 bridgehead atoms. The fraction of sp³-hybridized carbons (Fsp3) is 0.438. The van der Waals surface area contributed by atoms with E-state index in [-0.39, 0.29) is 5.97 Å². The van der Waals surface area contributed by atoms with Gasteiger partial charge in [-0.15, -0.1) is 6.42 Å². The Kier molecular flexibility index (Phi) is 5.59. The van der Waals surface area contributed by atoms with Crippen molar-refractivity contribution in [3.63, 3.8) is 0 Å². The third-order valence-electron chi connectivity index (χ3n) is 2.96. The molecule has 3 nitrogen and oxygen atoms in total. The van der Waals surface area contributed by atoms with E-state index in [1.54, 1.807) is 6.92 Å². The number of esters is 1. The van der Waals surface area contributed by atoms with Crippen LogP contribution in [-0.4, -0.2) is 19.1 Å². The van der Waals surface area contributed by atoms with Crippen molar-refractivity contribution in [3.05, 3.63) is 34.4 Å². The average Bonchev–Trinajstić information content (AvgIpc) is 2.32. The Morgan fingerprint density at radius 3 is 2.42 bits per heavy atom. The first-order valence-electron chi connectivity index (χ1n) is 6.42. The quantitative estimate of drug-likeness (QED) is 0.652. The zero-order chi connectivity index (χ0) is 14.4. The summed E-state index contributed by atoms with van der Waals surface area (Å²) in [4.78, 5) is 12.1. The van der Waals surface area contributed by atoms with Gasteiger partial charge in [-0.05, 0) is 44.4 Å². The maximum atomic E-state index is 12.1. The van der Waals surface area contributed by atoms with Gasteiger partial charge >= 0.3 is 5.97 Å². The fourth-order valence-corrected chi connectivity index (χ4v) is 2.34. The van der Waals surface area contributed by atoms with Crippen molar-refractivity contribution in [3.8, 4) is 12.3 Å². The fourth-order valence-electron chi connectivity index (χ4n) is 2.34. The molecular formula is C16H21NO2. The molecule has 0 spiro atoms. The largest absolute Gasteiger partial charge is 0.465 e. The molecule has 1 rings (SSSR count). The van der Waals surface area contributed by atoms with E-state index in [2.05, 4.69) is 23.4 Å². The smallest absolute Gasteiger partial charge is 0.327 e. The number of benzene rings is 1. The predicted octanol–water partition coefficient (Wildman–Crippen LogP) is 2.44. The maximum absolute atomic E-state index is 12.1. The SMILES string of the molecule is C#CCNC(C(=O)OCC)c1c(C)cc(C)cc1C. The van der Waals surface area contributed by atoms with Gasteiger partial charge in [0.15, 0.2) is 0 Å². The van der Waals surface area contributed by atoms with Crippen molar-refractivity contribution in [1.29, 1.82) is 0 Å². The first-order valence-corrected chi connectivity index (χ1v) is 6.42. The normalized spacial score (nSPS) is 11.7. The topological polar surface area (TPSA) is 38.3 Å².